The highest BCUT2D eigenvalue weighted by molar-refractivity contribution is 6.68. The Morgan fingerprint density at radius 1 is 0.733 bits per heavy atom. The van der Waals surface area contributed by atoms with E-state index in [1.807, 2.05) is 0 Å². The molecule has 0 aromatic rings. The third-order valence-electron chi connectivity index (χ3n) is 0.808. The number of rotatable bonds is 4. The van der Waals surface area contributed by atoms with Gasteiger partial charge in [-0.15, -0.1) is 8.78 Å². The molecule has 0 N–H and O–H groups in total. The van der Waals surface area contributed by atoms with Crippen LogP contribution in [0.5, 0.6) is 0 Å². The highest BCUT2D eigenvalue weighted by Crippen LogP contribution is 2.32. The smallest absolute Gasteiger partial charge is 0.291 e. The predicted octanol–water partition coefficient (Wildman–Crippen LogP) is 4.31. The lowest BCUT2D eigenvalue weighted by Crippen LogP contribution is -2.32. The first-order valence-electron chi connectivity index (χ1n) is 3.20. The van der Waals surface area contributed by atoms with Crippen molar-refractivity contribution in [3.05, 3.63) is 0 Å². The van der Waals surface area contributed by atoms with Crippen LogP contribution in [-0.2, 0) is 9.47 Å². The van der Waals surface area contributed by atoms with E-state index in [1.54, 1.807) is 0 Å². The molecule has 2 nitrogen and oxygen atoms in total. The molecule has 0 aliphatic heterocycles. The van der Waals surface area contributed by atoms with Crippen LogP contribution in [0.25, 0.3) is 0 Å². The van der Waals surface area contributed by atoms with Gasteiger partial charge in [0.2, 0.25) is 7.59 Å². The molecule has 92 valence electrons. The molecule has 0 radical (unpaired) electrons. The van der Waals surface area contributed by atoms with Crippen molar-refractivity contribution in [2.75, 3.05) is 13.2 Å². The Bertz CT molecular complexity index is 181. The van der Waals surface area contributed by atoms with Gasteiger partial charge in [0.1, 0.15) is 13.2 Å². The third-order valence-corrected chi connectivity index (χ3v) is 1.46. The minimum Gasteiger partial charge on any atom is -0.291 e. The summed E-state index contributed by atoms with van der Waals surface area (Å²) in [4.78, 5) is 0. The topological polar surface area (TPSA) is 18.5 Å². The zero-order valence-corrected chi connectivity index (χ0v) is 11.3. The van der Waals surface area contributed by atoms with E-state index >= 15 is 0 Å². The third kappa shape index (κ3) is 11.8. The van der Waals surface area contributed by atoms with Gasteiger partial charge in [0.25, 0.3) is 0 Å². The fourth-order valence-corrected chi connectivity index (χ4v) is 0.701. The van der Waals surface area contributed by atoms with Crippen molar-refractivity contribution >= 4 is 69.6 Å². The van der Waals surface area contributed by atoms with Crippen LogP contribution in [0.15, 0.2) is 0 Å². The fraction of sp³-hybridized carbons (Fsp3) is 1.00. The monoisotopic (exact) mass is 344 g/mol. The largest absolute Gasteiger partial charge is 0.485 e. The van der Waals surface area contributed by atoms with Gasteiger partial charge in [-0.2, -0.15) is 0 Å². The molecule has 0 heterocycles. The van der Waals surface area contributed by atoms with Crippen LogP contribution in [0.3, 0.4) is 0 Å². The van der Waals surface area contributed by atoms with Crippen LogP contribution >= 0.6 is 69.6 Å². The van der Waals surface area contributed by atoms with Gasteiger partial charge in [-0.05, 0) is 0 Å². The maximum Gasteiger partial charge on any atom is 0.485 e. The lowest BCUT2D eigenvalue weighted by atomic mass is 10.8. The van der Waals surface area contributed by atoms with Crippen molar-refractivity contribution in [1.29, 1.82) is 0 Å². The summed E-state index contributed by atoms with van der Waals surface area (Å²) >= 11 is 31.0. The Labute approximate surface area is 115 Å². The Morgan fingerprint density at radius 2 is 1.00 bits per heavy atom. The van der Waals surface area contributed by atoms with Crippen LogP contribution in [0.2, 0.25) is 0 Å². The predicted molar refractivity (Wildman–Crippen MR) is 57.4 cm³/mol. The summed E-state index contributed by atoms with van der Waals surface area (Å²) < 4.78 is 29.1. The molecular formula is C5H4Cl6F2O2. The summed E-state index contributed by atoms with van der Waals surface area (Å²) in [5.41, 5.74) is 0. The molecule has 0 spiro atoms. The van der Waals surface area contributed by atoms with Crippen molar-refractivity contribution in [3.8, 4) is 0 Å². The molecule has 0 aromatic carbocycles. The number of alkyl halides is 8. The van der Waals surface area contributed by atoms with Crippen LogP contribution in [0, 0.1) is 0 Å². The highest BCUT2D eigenvalue weighted by atomic mass is 35.6. The van der Waals surface area contributed by atoms with Crippen molar-refractivity contribution in [1.82, 2.24) is 0 Å². The van der Waals surface area contributed by atoms with E-state index in [0.29, 0.717) is 0 Å². The summed E-state index contributed by atoms with van der Waals surface area (Å²) in [6.07, 6.45) is -3.99. The molecule has 0 aromatic heterocycles. The van der Waals surface area contributed by atoms with E-state index in [4.69, 9.17) is 69.6 Å². The van der Waals surface area contributed by atoms with Gasteiger partial charge >= 0.3 is 6.29 Å². The first-order valence-corrected chi connectivity index (χ1v) is 5.47. The molecule has 0 unspecified atom stereocenters. The molecular weight excluding hydrogens is 343 g/mol. The van der Waals surface area contributed by atoms with Gasteiger partial charge in [-0.25, -0.2) is 0 Å². The van der Waals surface area contributed by atoms with Crippen molar-refractivity contribution in [3.63, 3.8) is 0 Å². The maximum atomic E-state index is 12.7. The lowest BCUT2D eigenvalue weighted by molar-refractivity contribution is -0.391. The quantitative estimate of drug-likeness (QED) is 0.558. The van der Waals surface area contributed by atoms with Gasteiger partial charge in [0, 0.05) is 0 Å². The SMILES string of the molecule is FC(F)(OCC(Cl)(Cl)Cl)OCC(Cl)(Cl)Cl. The Balaban J connectivity index is 3.98. The van der Waals surface area contributed by atoms with Crippen molar-refractivity contribution in [2.24, 2.45) is 0 Å². The standard InChI is InChI=1S/C5H4Cl6F2O2/c6-3(7,8)1-14-5(12,13)15-2-4(9,10)11/h1-2H2. The van der Waals surface area contributed by atoms with E-state index < -0.39 is 27.1 Å². The molecule has 15 heavy (non-hydrogen) atoms. The van der Waals surface area contributed by atoms with E-state index in [-0.39, 0.29) is 0 Å². The molecule has 0 amide bonds. The molecule has 0 aliphatic rings. The number of hydrogen-bond donors (Lipinski definition) is 0. The second kappa shape index (κ2) is 5.91. The van der Waals surface area contributed by atoms with Crippen LogP contribution in [0.4, 0.5) is 8.78 Å². The Kier molecular flexibility index (Phi) is 6.51. The fourth-order valence-electron chi connectivity index (χ4n) is 0.373. The molecule has 0 rings (SSSR count). The maximum absolute atomic E-state index is 12.7. The van der Waals surface area contributed by atoms with Gasteiger partial charge in [-0.1, -0.05) is 69.6 Å². The summed E-state index contributed by atoms with van der Waals surface area (Å²) in [7, 11) is 0. The number of halogens is 8. The van der Waals surface area contributed by atoms with Gasteiger partial charge in [0.05, 0.1) is 0 Å². The minimum atomic E-state index is -3.99. The molecule has 0 saturated heterocycles. The number of hydrogen-bond acceptors (Lipinski definition) is 2. The highest BCUT2D eigenvalue weighted by Gasteiger charge is 2.38. The lowest BCUT2D eigenvalue weighted by Gasteiger charge is -2.21. The average Bonchev–Trinajstić information content (AvgIpc) is 1.96. The van der Waals surface area contributed by atoms with Crippen LogP contribution in [0.1, 0.15) is 0 Å². The van der Waals surface area contributed by atoms with E-state index in [2.05, 4.69) is 9.47 Å². The van der Waals surface area contributed by atoms with Gasteiger partial charge < -0.3 is 0 Å². The van der Waals surface area contributed by atoms with Gasteiger partial charge in [-0.3, -0.25) is 9.47 Å². The summed E-state index contributed by atoms with van der Waals surface area (Å²) in [6, 6.07) is 0. The molecule has 0 fully saturated rings. The average molecular weight is 347 g/mol. The minimum absolute atomic E-state index is 0.871. The first kappa shape index (κ1) is 16.5. The van der Waals surface area contributed by atoms with Crippen molar-refractivity contribution < 1.29 is 18.3 Å². The summed E-state index contributed by atoms with van der Waals surface area (Å²) in [6.45, 7) is -1.74. The van der Waals surface area contributed by atoms with E-state index in [9.17, 15) is 8.78 Å². The van der Waals surface area contributed by atoms with Crippen LogP contribution in [-0.4, -0.2) is 27.1 Å². The second-order valence-electron chi connectivity index (χ2n) is 2.27. The van der Waals surface area contributed by atoms with E-state index in [1.165, 1.54) is 0 Å². The Hall–Kier alpha value is 1.52. The second-order valence-corrected chi connectivity index (χ2v) is 7.30. The molecule has 0 aliphatic carbocycles. The first-order chi connectivity index (χ1) is 6.41. The van der Waals surface area contributed by atoms with E-state index in [0.717, 1.165) is 0 Å². The summed E-state index contributed by atoms with van der Waals surface area (Å²) in [5, 5.41) is 0. The Morgan fingerprint density at radius 3 is 1.20 bits per heavy atom. The molecule has 10 heteroatoms. The van der Waals surface area contributed by atoms with Gasteiger partial charge in [0.15, 0.2) is 0 Å². The normalized spacial score (nSPS) is 14.4. The summed E-state index contributed by atoms with van der Waals surface area (Å²) in [5.74, 6) is 0. The van der Waals surface area contributed by atoms with Crippen molar-refractivity contribution in [2.45, 2.75) is 13.9 Å². The molecule has 0 bridgehead atoms. The zero-order valence-electron chi connectivity index (χ0n) is 6.75. The van der Waals surface area contributed by atoms with Crippen LogP contribution < -0.4 is 0 Å². The molecule has 0 saturated carbocycles. The number of ether oxygens (including phenoxy) is 2. The zero-order chi connectivity index (χ0) is 12.3. The molecule has 0 atom stereocenters.